The van der Waals surface area contributed by atoms with Crippen LogP contribution in [0.3, 0.4) is 0 Å². The molecule has 0 bridgehead atoms. The topological polar surface area (TPSA) is 63.6 Å². The summed E-state index contributed by atoms with van der Waals surface area (Å²) in [6, 6.07) is 0. The third-order valence-corrected chi connectivity index (χ3v) is 3.15. The molecule has 1 saturated carbocycles. The number of aliphatic carboxylic acids is 1. The van der Waals surface area contributed by atoms with Crippen LogP contribution in [0.2, 0.25) is 0 Å². The van der Waals surface area contributed by atoms with E-state index in [1.807, 2.05) is 0 Å². The highest BCUT2D eigenvalue weighted by molar-refractivity contribution is 5.76. The van der Waals surface area contributed by atoms with Crippen LogP contribution in [0.25, 0.3) is 0 Å². The van der Waals surface area contributed by atoms with Crippen molar-refractivity contribution < 1.29 is 19.4 Å². The van der Waals surface area contributed by atoms with Crippen molar-refractivity contribution in [3.63, 3.8) is 0 Å². The van der Waals surface area contributed by atoms with Gasteiger partial charge in [-0.2, -0.15) is 0 Å². The largest absolute Gasteiger partial charge is 0.479 e. The van der Waals surface area contributed by atoms with Gasteiger partial charge in [-0.05, 0) is 18.8 Å². The van der Waals surface area contributed by atoms with Gasteiger partial charge in [-0.1, -0.05) is 32.1 Å². The minimum Gasteiger partial charge on any atom is -0.479 e. The molecule has 4 nitrogen and oxygen atoms in total. The first-order valence-corrected chi connectivity index (χ1v) is 5.99. The lowest BCUT2D eigenvalue weighted by atomic mass is 9.85. The number of carbonyl (C=O) groups excluding carboxylic acids is 1. The highest BCUT2D eigenvalue weighted by Gasteiger charge is 2.23. The second-order valence-corrected chi connectivity index (χ2v) is 4.52. The molecule has 1 aliphatic carbocycles. The molecule has 0 heterocycles. The van der Waals surface area contributed by atoms with E-state index < -0.39 is 18.0 Å². The van der Waals surface area contributed by atoms with E-state index in [-0.39, 0.29) is 0 Å². The standard InChI is InChI=1S/C12H20O4/c1-9(13)16-11(12(14)15)8-7-10-5-3-2-4-6-10/h10-11H,2-8H2,1H3,(H,14,15). The van der Waals surface area contributed by atoms with Gasteiger partial charge in [-0.15, -0.1) is 0 Å². The Kier molecular flexibility index (Phi) is 5.29. The Bertz CT molecular complexity index is 243. The lowest BCUT2D eigenvalue weighted by Crippen LogP contribution is -2.27. The van der Waals surface area contributed by atoms with Gasteiger partial charge < -0.3 is 9.84 Å². The van der Waals surface area contributed by atoms with Gasteiger partial charge in [0, 0.05) is 6.92 Å². The number of rotatable bonds is 5. The smallest absolute Gasteiger partial charge is 0.345 e. The molecule has 4 heteroatoms. The van der Waals surface area contributed by atoms with Crippen LogP contribution in [-0.4, -0.2) is 23.1 Å². The van der Waals surface area contributed by atoms with Crippen LogP contribution in [-0.2, 0) is 14.3 Å². The molecule has 1 rings (SSSR count). The Morgan fingerprint density at radius 1 is 1.31 bits per heavy atom. The predicted molar refractivity (Wildman–Crippen MR) is 59.0 cm³/mol. The van der Waals surface area contributed by atoms with Crippen LogP contribution in [0.15, 0.2) is 0 Å². The molecule has 1 unspecified atom stereocenters. The van der Waals surface area contributed by atoms with Gasteiger partial charge in [0.25, 0.3) is 0 Å². The van der Waals surface area contributed by atoms with Crippen LogP contribution in [0.5, 0.6) is 0 Å². The Labute approximate surface area is 96.0 Å². The van der Waals surface area contributed by atoms with Gasteiger partial charge in [0.1, 0.15) is 0 Å². The summed E-state index contributed by atoms with van der Waals surface area (Å²) in [6.07, 6.45) is 6.50. The summed E-state index contributed by atoms with van der Waals surface area (Å²) >= 11 is 0. The van der Waals surface area contributed by atoms with Crippen LogP contribution in [0.1, 0.15) is 51.9 Å². The van der Waals surface area contributed by atoms with Crippen molar-refractivity contribution >= 4 is 11.9 Å². The first-order valence-electron chi connectivity index (χ1n) is 5.99. The molecule has 0 aliphatic heterocycles. The minimum atomic E-state index is -1.04. The van der Waals surface area contributed by atoms with Gasteiger partial charge >= 0.3 is 11.9 Å². The van der Waals surface area contributed by atoms with Gasteiger partial charge in [0.15, 0.2) is 6.10 Å². The maximum atomic E-state index is 10.8. The van der Waals surface area contributed by atoms with Crippen LogP contribution in [0.4, 0.5) is 0 Å². The first kappa shape index (κ1) is 13.0. The maximum absolute atomic E-state index is 10.8. The lowest BCUT2D eigenvalue weighted by molar-refractivity contribution is -0.163. The van der Waals surface area contributed by atoms with Gasteiger partial charge in [-0.25, -0.2) is 4.79 Å². The van der Waals surface area contributed by atoms with E-state index in [9.17, 15) is 9.59 Å². The van der Waals surface area contributed by atoms with Crippen LogP contribution >= 0.6 is 0 Å². The quantitative estimate of drug-likeness (QED) is 0.734. The van der Waals surface area contributed by atoms with Crippen molar-refractivity contribution in [1.29, 1.82) is 0 Å². The molecule has 1 N–H and O–H groups in total. The fourth-order valence-corrected chi connectivity index (χ4v) is 2.30. The third-order valence-electron chi connectivity index (χ3n) is 3.15. The molecule has 0 spiro atoms. The van der Waals surface area contributed by atoms with Crippen LogP contribution < -0.4 is 0 Å². The van der Waals surface area contributed by atoms with Crippen molar-refractivity contribution in [1.82, 2.24) is 0 Å². The van der Waals surface area contributed by atoms with E-state index in [0.29, 0.717) is 12.3 Å². The zero-order chi connectivity index (χ0) is 12.0. The summed E-state index contributed by atoms with van der Waals surface area (Å²) in [5.74, 6) is -0.937. The summed E-state index contributed by atoms with van der Waals surface area (Å²) in [7, 11) is 0. The summed E-state index contributed by atoms with van der Waals surface area (Å²) in [6.45, 7) is 1.25. The Morgan fingerprint density at radius 2 is 1.94 bits per heavy atom. The zero-order valence-electron chi connectivity index (χ0n) is 9.78. The van der Waals surface area contributed by atoms with E-state index in [1.54, 1.807) is 0 Å². The molecule has 1 aliphatic rings. The van der Waals surface area contributed by atoms with Crippen molar-refractivity contribution in [3.05, 3.63) is 0 Å². The third kappa shape index (κ3) is 4.64. The van der Waals surface area contributed by atoms with Crippen molar-refractivity contribution in [3.8, 4) is 0 Å². The SMILES string of the molecule is CC(=O)OC(CCC1CCCCC1)C(=O)O. The monoisotopic (exact) mass is 228 g/mol. The summed E-state index contributed by atoms with van der Waals surface area (Å²) in [5, 5.41) is 8.87. The minimum absolute atomic E-state index is 0.444. The molecule has 0 saturated heterocycles. The van der Waals surface area contributed by atoms with Crippen molar-refractivity contribution in [2.24, 2.45) is 5.92 Å². The number of carbonyl (C=O) groups is 2. The van der Waals surface area contributed by atoms with Crippen molar-refractivity contribution in [2.45, 2.75) is 58.0 Å². The average Bonchev–Trinajstić information content (AvgIpc) is 2.25. The van der Waals surface area contributed by atoms with Gasteiger partial charge in [0.2, 0.25) is 0 Å². The molecule has 1 fully saturated rings. The average molecular weight is 228 g/mol. The lowest BCUT2D eigenvalue weighted by Gasteiger charge is -2.22. The molecular formula is C12H20O4. The fourth-order valence-electron chi connectivity index (χ4n) is 2.30. The van der Waals surface area contributed by atoms with E-state index >= 15 is 0 Å². The molecule has 0 aromatic rings. The number of carboxylic acids is 1. The number of hydrogen-bond acceptors (Lipinski definition) is 3. The molecule has 1 atom stereocenters. The van der Waals surface area contributed by atoms with Crippen molar-refractivity contribution in [2.75, 3.05) is 0 Å². The predicted octanol–water partition coefficient (Wildman–Crippen LogP) is 2.36. The molecule has 0 aromatic heterocycles. The molecule has 0 amide bonds. The first-order chi connectivity index (χ1) is 7.59. The van der Waals surface area contributed by atoms with Crippen LogP contribution in [0, 0.1) is 5.92 Å². The Morgan fingerprint density at radius 3 is 2.44 bits per heavy atom. The Balaban J connectivity index is 2.30. The van der Waals surface area contributed by atoms with Gasteiger partial charge in [-0.3, -0.25) is 4.79 Å². The molecule has 92 valence electrons. The number of carboxylic acid groups (broad SMARTS) is 1. The second kappa shape index (κ2) is 6.51. The molecule has 0 radical (unpaired) electrons. The van der Waals surface area contributed by atoms with E-state index in [0.717, 1.165) is 6.42 Å². The van der Waals surface area contributed by atoms with E-state index in [4.69, 9.17) is 9.84 Å². The molecule has 0 aromatic carbocycles. The summed E-state index contributed by atoms with van der Waals surface area (Å²) in [4.78, 5) is 21.6. The second-order valence-electron chi connectivity index (χ2n) is 4.52. The zero-order valence-corrected chi connectivity index (χ0v) is 9.78. The normalized spacial score (nSPS) is 19.1. The number of ether oxygens (including phenoxy) is 1. The number of hydrogen-bond donors (Lipinski definition) is 1. The van der Waals surface area contributed by atoms with E-state index in [2.05, 4.69) is 0 Å². The van der Waals surface area contributed by atoms with Gasteiger partial charge in [0.05, 0.1) is 0 Å². The molecule has 16 heavy (non-hydrogen) atoms. The highest BCUT2D eigenvalue weighted by atomic mass is 16.6. The maximum Gasteiger partial charge on any atom is 0.345 e. The fraction of sp³-hybridized carbons (Fsp3) is 0.833. The summed E-state index contributed by atoms with van der Waals surface area (Å²) < 4.78 is 4.76. The number of esters is 1. The van der Waals surface area contributed by atoms with E-state index in [1.165, 1.54) is 39.0 Å². The highest BCUT2D eigenvalue weighted by Crippen LogP contribution is 2.28. The summed E-state index contributed by atoms with van der Waals surface area (Å²) in [5.41, 5.74) is 0. The Hall–Kier alpha value is -1.06. The molecular weight excluding hydrogens is 208 g/mol.